The Morgan fingerprint density at radius 1 is 1.03 bits per heavy atom. The first-order valence-electron chi connectivity index (χ1n) is 12.4. The highest BCUT2D eigenvalue weighted by Crippen LogP contribution is 2.48. The fraction of sp³-hybridized carbons (Fsp3) is 0.345. The fourth-order valence-electron chi connectivity index (χ4n) is 5.24. The second kappa shape index (κ2) is 10.4. The molecule has 36 heavy (non-hydrogen) atoms. The van der Waals surface area contributed by atoms with Crippen LogP contribution in [0.1, 0.15) is 41.5 Å². The normalized spacial score (nSPS) is 16.7. The molecular weight excluding hydrogens is 492 g/mol. The van der Waals surface area contributed by atoms with Crippen molar-refractivity contribution in [3.8, 4) is 5.75 Å². The molecule has 7 heteroatoms. The number of rotatable bonds is 9. The number of fused-ring (bicyclic) bond motifs is 1. The molecule has 0 saturated heterocycles. The number of hydrogen-bond acceptors (Lipinski definition) is 4. The van der Waals surface area contributed by atoms with E-state index in [4.69, 9.17) is 21.3 Å². The predicted octanol–water partition coefficient (Wildman–Crippen LogP) is 5.65. The van der Waals surface area contributed by atoms with Crippen LogP contribution in [0.15, 0.2) is 77.8 Å². The summed E-state index contributed by atoms with van der Waals surface area (Å²) in [5.41, 5.74) is 5.71. The van der Waals surface area contributed by atoms with Crippen molar-refractivity contribution in [3.05, 3.63) is 100 Å². The second-order valence-electron chi connectivity index (χ2n) is 9.67. The number of halogens is 1. The highest BCUT2D eigenvalue weighted by atomic mass is 35.5. The summed E-state index contributed by atoms with van der Waals surface area (Å²) in [6.45, 7) is 1.67. The minimum Gasteiger partial charge on any atom is -0.492 e. The van der Waals surface area contributed by atoms with Crippen molar-refractivity contribution < 1.29 is 13.2 Å². The van der Waals surface area contributed by atoms with E-state index in [2.05, 4.69) is 24.3 Å². The van der Waals surface area contributed by atoms with Crippen LogP contribution in [0.5, 0.6) is 5.75 Å². The smallest absolute Gasteiger partial charge is 0.211 e. The Labute approximate surface area is 218 Å². The van der Waals surface area contributed by atoms with E-state index in [1.54, 1.807) is 0 Å². The van der Waals surface area contributed by atoms with Crippen molar-refractivity contribution >= 4 is 27.3 Å². The van der Waals surface area contributed by atoms with Crippen molar-refractivity contribution in [2.45, 2.75) is 37.6 Å². The average Bonchev–Trinajstić information content (AvgIpc) is 2.84. The molecule has 0 spiro atoms. The Balaban J connectivity index is 1.33. The molecule has 3 aromatic rings. The van der Waals surface area contributed by atoms with Gasteiger partial charge in [-0.05, 0) is 60.2 Å². The molecule has 0 bridgehead atoms. The van der Waals surface area contributed by atoms with Crippen molar-refractivity contribution in [3.63, 3.8) is 0 Å². The van der Waals surface area contributed by atoms with Crippen LogP contribution in [-0.2, 0) is 28.4 Å². The van der Waals surface area contributed by atoms with Gasteiger partial charge in [0.05, 0.1) is 12.0 Å². The summed E-state index contributed by atoms with van der Waals surface area (Å²) in [6.07, 6.45) is 5.47. The van der Waals surface area contributed by atoms with E-state index in [1.165, 1.54) is 28.1 Å². The maximum Gasteiger partial charge on any atom is 0.211 e. The topological polar surface area (TPSA) is 59.0 Å². The van der Waals surface area contributed by atoms with Crippen molar-refractivity contribution in [2.24, 2.45) is 4.99 Å². The maximum absolute atomic E-state index is 12.4. The minimum absolute atomic E-state index is 0.0822. The van der Waals surface area contributed by atoms with Crippen molar-refractivity contribution in [1.82, 2.24) is 4.31 Å². The van der Waals surface area contributed by atoms with Gasteiger partial charge < -0.3 is 4.74 Å². The lowest BCUT2D eigenvalue weighted by atomic mass is 9.59. The molecule has 0 amide bonds. The van der Waals surface area contributed by atoms with Crippen LogP contribution in [-0.4, -0.2) is 44.4 Å². The van der Waals surface area contributed by atoms with Gasteiger partial charge in [0.15, 0.2) is 0 Å². The Morgan fingerprint density at radius 2 is 1.78 bits per heavy atom. The van der Waals surface area contributed by atoms with Crippen LogP contribution in [0.4, 0.5) is 0 Å². The minimum atomic E-state index is -3.36. The third-order valence-corrected chi connectivity index (χ3v) is 8.83. The van der Waals surface area contributed by atoms with E-state index in [-0.39, 0.29) is 18.6 Å². The Kier molecular flexibility index (Phi) is 7.20. The molecule has 3 aromatic carbocycles. The third-order valence-electron chi connectivity index (χ3n) is 7.32. The molecule has 0 unspecified atom stereocenters. The van der Waals surface area contributed by atoms with Gasteiger partial charge in [0.1, 0.15) is 12.4 Å². The lowest BCUT2D eigenvalue weighted by Crippen LogP contribution is -2.44. The van der Waals surface area contributed by atoms with Gasteiger partial charge in [0.2, 0.25) is 10.0 Å². The first-order chi connectivity index (χ1) is 17.3. The molecule has 1 saturated carbocycles. The summed E-state index contributed by atoms with van der Waals surface area (Å²) in [4.78, 5) is 5.03. The third kappa shape index (κ3) is 5.22. The summed E-state index contributed by atoms with van der Waals surface area (Å²) < 4.78 is 32.3. The highest BCUT2D eigenvalue weighted by molar-refractivity contribution is 7.88. The van der Waals surface area contributed by atoms with Crippen LogP contribution >= 0.6 is 11.6 Å². The van der Waals surface area contributed by atoms with E-state index in [1.807, 2.05) is 48.5 Å². The predicted molar refractivity (Wildman–Crippen MR) is 146 cm³/mol. The van der Waals surface area contributed by atoms with Crippen molar-refractivity contribution in [1.29, 1.82) is 0 Å². The second-order valence-corrected chi connectivity index (χ2v) is 12.1. The Bertz CT molecular complexity index is 1350. The molecular formula is C29H31ClN2O3S. The molecule has 0 aromatic heterocycles. The molecule has 0 atom stereocenters. The van der Waals surface area contributed by atoms with E-state index in [0.29, 0.717) is 6.54 Å². The quantitative estimate of drug-likeness (QED) is 0.365. The van der Waals surface area contributed by atoms with Crippen LogP contribution in [0.3, 0.4) is 0 Å². The van der Waals surface area contributed by atoms with Gasteiger partial charge in [-0.25, -0.2) is 8.42 Å². The molecule has 5 nitrogen and oxygen atoms in total. The van der Waals surface area contributed by atoms with E-state index >= 15 is 0 Å². The number of ether oxygens (including phenoxy) is 1. The van der Waals surface area contributed by atoms with Gasteiger partial charge in [-0.1, -0.05) is 66.6 Å². The number of nitrogens with zero attached hydrogens (tertiary/aromatic N) is 2. The molecule has 1 heterocycles. The molecule has 1 fully saturated rings. The van der Waals surface area contributed by atoms with E-state index in [9.17, 15) is 8.42 Å². The molecule has 5 rings (SSSR count). The van der Waals surface area contributed by atoms with Gasteiger partial charge in [-0.3, -0.25) is 4.99 Å². The van der Waals surface area contributed by atoms with Crippen LogP contribution in [0.2, 0.25) is 5.02 Å². The lowest BCUT2D eigenvalue weighted by Gasteiger charge is -2.45. The summed E-state index contributed by atoms with van der Waals surface area (Å²) >= 11 is 6.17. The summed E-state index contributed by atoms with van der Waals surface area (Å²) in [5.74, 6) is 0.738. The first-order valence-corrected chi connectivity index (χ1v) is 14.6. The summed E-state index contributed by atoms with van der Waals surface area (Å²) in [6, 6.07) is 24.0. The first kappa shape index (κ1) is 25.0. The average molecular weight is 523 g/mol. The van der Waals surface area contributed by atoms with Gasteiger partial charge >= 0.3 is 0 Å². The maximum atomic E-state index is 12.4. The SMILES string of the molecule is CS(=O)(=O)N(CCOc1ccc2c(c1)C(C1(c3ccc(Cl)cc3)CCC1)=NCC2)Cc1ccccc1. The lowest BCUT2D eigenvalue weighted by molar-refractivity contribution is 0.270. The zero-order valence-corrected chi connectivity index (χ0v) is 22.1. The molecule has 0 N–H and O–H groups in total. The zero-order valence-electron chi connectivity index (χ0n) is 20.5. The van der Waals surface area contributed by atoms with Gasteiger partial charge in [0, 0.05) is 35.6 Å². The van der Waals surface area contributed by atoms with E-state index in [0.717, 1.165) is 53.4 Å². The number of hydrogen-bond donors (Lipinski definition) is 0. The molecule has 1 aliphatic carbocycles. The molecule has 1 aliphatic heterocycles. The summed E-state index contributed by atoms with van der Waals surface area (Å²) in [7, 11) is -3.36. The van der Waals surface area contributed by atoms with Gasteiger partial charge in [-0.2, -0.15) is 4.31 Å². The summed E-state index contributed by atoms with van der Waals surface area (Å²) in [5, 5.41) is 0.741. The monoisotopic (exact) mass is 522 g/mol. The number of benzene rings is 3. The highest BCUT2D eigenvalue weighted by Gasteiger charge is 2.45. The van der Waals surface area contributed by atoms with Gasteiger partial charge in [-0.15, -0.1) is 0 Å². The van der Waals surface area contributed by atoms with E-state index < -0.39 is 10.0 Å². The van der Waals surface area contributed by atoms with Crippen LogP contribution in [0, 0.1) is 0 Å². The van der Waals surface area contributed by atoms with Crippen molar-refractivity contribution in [2.75, 3.05) is 26.0 Å². The zero-order chi connectivity index (χ0) is 25.2. The van der Waals surface area contributed by atoms with Crippen LogP contribution in [0.25, 0.3) is 0 Å². The Morgan fingerprint density at radius 3 is 2.44 bits per heavy atom. The number of sulfonamides is 1. The standard InChI is InChI=1S/C29H31ClN2O3S/c1-36(33,34)32(21-22-6-3-2-4-7-22)18-19-35-26-13-8-23-14-17-31-28(27(23)20-26)29(15-5-16-29)24-9-11-25(30)12-10-24/h2-4,6-13,20H,5,14-19,21H2,1H3. The van der Waals surface area contributed by atoms with Crippen LogP contribution < -0.4 is 4.74 Å². The Hall–Kier alpha value is -2.67. The molecule has 0 radical (unpaired) electrons. The molecule has 2 aliphatic rings. The fourth-order valence-corrected chi connectivity index (χ4v) is 6.16. The van der Waals surface area contributed by atoms with Gasteiger partial charge in [0.25, 0.3) is 0 Å². The largest absolute Gasteiger partial charge is 0.492 e. The molecule has 188 valence electrons. The number of aliphatic imine (C=N–C) groups is 1.